The van der Waals surface area contributed by atoms with Crippen molar-refractivity contribution >= 4 is 5.97 Å². The van der Waals surface area contributed by atoms with Crippen LogP contribution < -0.4 is 0 Å². The molecule has 18 nitrogen and oxygen atoms in total. The maximum Gasteiger partial charge on any atom is 0.364 e. The molecular formula is C21H36O18. The number of hydrogen-bond donors (Lipinski definition) is 11. The molecule has 0 saturated carbocycles. The highest BCUT2D eigenvalue weighted by Gasteiger charge is 2.55. The highest BCUT2D eigenvalue weighted by Crippen LogP contribution is 2.33. The Morgan fingerprint density at radius 3 is 2.08 bits per heavy atom. The lowest BCUT2D eigenvalue weighted by molar-refractivity contribution is -0.329. The average molecular weight is 577 g/mol. The SMILES string of the molecule is CO[C@H]1[C@H]([C@H](O)[C@H](O)CO[C@@H]2O[C@H](CO)[C@@H](O)[C@H]2O[C@H]2O[C@H](CO)[C@H](O)[C@H](O)[C@H]2O)O[C@@](O)(C(=O)O)C[C@@H]1O. The smallest absolute Gasteiger partial charge is 0.364 e. The fourth-order valence-electron chi connectivity index (χ4n) is 4.63. The lowest BCUT2D eigenvalue weighted by Crippen LogP contribution is -2.63. The second-order valence-corrected chi connectivity index (χ2v) is 9.55. The van der Waals surface area contributed by atoms with Gasteiger partial charge in [0.05, 0.1) is 25.9 Å². The van der Waals surface area contributed by atoms with Crippen LogP contribution in [0.5, 0.6) is 0 Å². The molecule has 3 saturated heterocycles. The highest BCUT2D eigenvalue weighted by molar-refractivity contribution is 5.75. The van der Waals surface area contributed by atoms with Crippen molar-refractivity contribution in [1.82, 2.24) is 0 Å². The standard InChI is InChI=1S/C21H36O18/c1-34-15-6(24)2-21(33,20(31)32)39-16(15)10(26)7(25)5-35-19-17(12(28)9(4-23)37-19)38-18-14(30)13(29)11(27)8(3-22)36-18/h6-19,22-30,33H,2-5H2,1H3,(H,31,32)/t6-,7+,8+,9+,10+,11-,12+,13-,14+,15+,16-,17+,18+,19+,21+/m0/s1. The Balaban J connectivity index is 1.69. The Morgan fingerprint density at radius 1 is 0.923 bits per heavy atom. The summed E-state index contributed by atoms with van der Waals surface area (Å²) >= 11 is 0. The molecule has 0 aromatic carbocycles. The molecule has 18 heteroatoms. The minimum Gasteiger partial charge on any atom is -0.477 e. The van der Waals surface area contributed by atoms with Crippen LogP contribution in [0.2, 0.25) is 0 Å². The Morgan fingerprint density at radius 2 is 1.51 bits per heavy atom. The first-order valence-electron chi connectivity index (χ1n) is 12.0. The Hall–Kier alpha value is -1.17. The minimum atomic E-state index is -2.89. The van der Waals surface area contributed by atoms with Gasteiger partial charge in [0.1, 0.15) is 67.1 Å². The van der Waals surface area contributed by atoms with Gasteiger partial charge in [-0.05, 0) is 0 Å². The fourth-order valence-corrected chi connectivity index (χ4v) is 4.63. The van der Waals surface area contributed by atoms with Crippen LogP contribution in [0.25, 0.3) is 0 Å². The summed E-state index contributed by atoms with van der Waals surface area (Å²) in [6.45, 7) is -2.28. The molecule has 0 amide bonds. The molecule has 15 atom stereocenters. The van der Waals surface area contributed by atoms with Crippen LogP contribution in [0.1, 0.15) is 6.42 Å². The van der Waals surface area contributed by atoms with Crippen LogP contribution in [-0.4, -0.2) is 181 Å². The van der Waals surface area contributed by atoms with Crippen molar-refractivity contribution in [1.29, 1.82) is 0 Å². The van der Waals surface area contributed by atoms with Gasteiger partial charge in [-0.15, -0.1) is 0 Å². The molecule has 0 unspecified atom stereocenters. The average Bonchev–Trinajstić information content (AvgIpc) is 3.20. The van der Waals surface area contributed by atoms with Gasteiger partial charge < -0.3 is 84.6 Å². The van der Waals surface area contributed by atoms with E-state index in [1.165, 1.54) is 0 Å². The highest BCUT2D eigenvalue weighted by atomic mass is 16.8. The summed E-state index contributed by atoms with van der Waals surface area (Å²) in [5.74, 6) is -4.74. The third-order valence-electron chi connectivity index (χ3n) is 6.90. The van der Waals surface area contributed by atoms with Crippen molar-refractivity contribution < 1.29 is 89.4 Å². The molecule has 0 aliphatic carbocycles. The molecule has 3 rings (SSSR count). The summed E-state index contributed by atoms with van der Waals surface area (Å²) in [6, 6.07) is 0. The van der Waals surface area contributed by atoms with Crippen molar-refractivity contribution in [3.8, 4) is 0 Å². The summed E-state index contributed by atoms with van der Waals surface area (Å²) in [7, 11) is 1.12. The molecule has 39 heavy (non-hydrogen) atoms. The van der Waals surface area contributed by atoms with E-state index < -0.39 is 124 Å². The number of carboxylic acid groups (broad SMARTS) is 1. The van der Waals surface area contributed by atoms with Gasteiger partial charge in [-0.25, -0.2) is 4.79 Å². The zero-order valence-electron chi connectivity index (χ0n) is 20.7. The second kappa shape index (κ2) is 13.2. The maximum atomic E-state index is 11.4. The number of methoxy groups -OCH3 is 1. The first-order chi connectivity index (χ1) is 18.3. The molecule has 3 aliphatic heterocycles. The van der Waals surface area contributed by atoms with Gasteiger partial charge in [0.2, 0.25) is 0 Å². The van der Waals surface area contributed by atoms with Crippen LogP contribution in [0.15, 0.2) is 0 Å². The number of carboxylic acids is 1. The van der Waals surface area contributed by atoms with E-state index in [0.717, 1.165) is 7.11 Å². The summed E-state index contributed by atoms with van der Waals surface area (Å²) in [5, 5.41) is 110. The predicted molar refractivity (Wildman–Crippen MR) is 117 cm³/mol. The number of aliphatic hydroxyl groups excluding tert-OH is 9. The van der Waals surface area contributed by atoms with E-state index in [2.05, 4.69) is 0 Å². The third-order valence-corrected chi connectivity index (χ3v) is 6.90. The fraction of sp³-hybridized carbons (Fsp3) is 0.952. The molecule has 228 valence electrons. The van der Waals surface area contributed by atoms with E-state index in [9.17, 15) is 61.0 Å². The quantitative estimate of drug-likeness (QED) is 0.109. The van der Waals surface area contributed by atoms with Crippen LogP contribution in [0.3, 0.4) is 0 Å². The number of rotatable bonds is 11. The van der Waals surface area contributed by atoms with Crippen LogP contribution in [-0.2, 0) is 33.2 Å². The van der Waals surface area contributed by atoms with Crippen LogP contribution in [0.4, 0.5) is 0 Å². The van der Waals surface area contributed by atoms with E-state index in [-0.39, 0.29) is 0 Å². The topological polar surface area (TPSA) is 295 Å². The molecule has 3 heterocycles. The van der Waals surface area contributed by atoms with Crippen LogP contribution >= 0.6 is 0 Å². The monoisotopic (exact) mass is 576 g/mol. The van der Waals surface area contributed by atoms with E-state index in [4.69, 9.17) is 28.4 Å². The van der Waals surface area contributed by atoms with Gasteiger partial charge in [-0.1, -0.05) is 0 Å². The van der Waals surface area contributed by atoms with Gasteiger partial charge >= 0.3 is 5.97 Å². The van der Waals surface area contributed by atoms with E-state index in [0.29, 0.717) is 0 Å². The molecular weight excluding hydrogens is 540 g/mol. The van der Waals surface area contributed by atoms with Crippen molar-refractivity contribution in [2.45, 2.75) is 98.0 Å². The zero-order valence-corrected chi connectivity index (χ0v) is 20.7. The minimum absolute atomic E-state index is 0.724. The normalized spacial score (nSPS) is 46.6. The summed E-state index contributed by atoms with van der Waals surface area (Å²) in [5.41, 5.74) is 0. The number of aliphatic hydroxyl groups is 10. The van der Waals surface area contributed by atoms with Gasteiger partial charge in [-0.3, -0.25) is 0 Å². The first kappa shape index (κ1) is 32.3. The third kappa shape index (κ3) is 6.67. The predicted octanol–water partition coefficient (Wildman–Crippen LogP) is -7.07. The van der Waals surface area contributed by atoms with Crippen LogP contribution in [0, 0.1) is 0 Å². The lowest BCUT2D eigenvalue weighted by Gasteiger charge is -2.44. The summed E-state index contributed by atoms with van der Waals surface area (Å²) in [4.78, 5) is 11.4. The van der Waals surface area contributed by atoms with Gasteiger partial charge in [0.15, 0.2) is 12.6 Å². The van der Waals surface area contributed by atoms with Gasteiger partial charge in [-0.2, -0.15) is 0 Å². The molecule has 3 fully saturated rings. The molecule has 0 aromatic heterocycles. The summed E-state index contributed by atoms with van der Waals surface area (Å²) in [6.07, 6.45) is -23.8. The molecule has 0 spiro atoms. The van der Waals surface area contributed by atoms with E-state index in [1.807, 2.05) is 0 Å². The van der Waals surface area contributed by atoms with Crippen molar-refractivity contribution in [3.05, 3.63) is 0 Å². The van der Waals surface area contributed by atoms with Gasteiger partial charge in [0, 0.05) is 13.5 Å². The number of ether oxygens (including phenoxy) is 6. The summed E-state index contributed by atoms with van der Waals surface area (Å²) < 4.78 is 31.6. The number of aliphatic carboxylic acids is 1. The molecule has 11 N–H and O–H groups in total. The molecule has 0 bridgehead atoms. The van der Waals surface area contributed by atoms with Gasteiger partial charge in [0.25, 0.3) is 5.79 Å². The second-order valence-electron chi connectivity index (χ2n) is 9.55. The lowest BCUT2D eigenvalue weighted by atomic mass is 9.90. The largest absolute Gasteiger partial charge is 0.477 e. The van der Waals surface area contributed by atoms with E-state index >= 15 is 0 Å². The van der Waals surface area contributed by atoms with Crippen molar-refractivity contribution in [2.75, 3.05) is 26.9 Å². The maximum absolute atomic E-state index is 11.4. The Labute approximate surface area is 221 Å². The number of hydrogen-bond acceptors (Lipinski definition) is 17. The molecule has 0 radical (unpaired) electrons. The van der Waals surface area contributed by atoms with E-state index in [1.54, 1.807) is 0 Å². The Kier molecular flexibility index (Phi) is 11.0. The Bertz CT molecular complexity index is 801. The molecule has 3 aliphatic rings. The van der Waals surface area contributed by atoms with Crippen molar-refractivity contribution in [3.63, 3.8) is 0 Å². The van der Waals surface area contributed by atoms with Crippen molar-refractivity contribution in [2.24, 2.45) is 0 Å². The molecule has 0 aromatic rings. The zero-order chi connectivity index (χ0) is 29.2. The number of carbonyl (C=O) groups is 1. The first-order valence-corrected chi connectivity index (χ1v) is 12.0.